The Balaban J connectivity index is 1.50. The van der Waals surface area contributed by atoms with Crippen LogP contribution in [-0.2, 0) is 13.5 Å². The molecule has 9 heteroatoms. The van der Waals surface area contributed by atoms with Crippen LogP contribution in [0, 0.1) is 0 Å². The van der Waals surface area contributed by atoms with Gasteiger partial charge in [0.05, 0.1) is 0 Å². The number of hydrogen-bond donors (Lipinski definition) is 0. The molecule has 0 aromatic carbocycles. The van der Waals surface area contributed by atoms with Gasteiger partial charge in [0, 0.05) is 37.2 Å². The topological polar surface area (TPSA) is 95.4 Å². The Morgan fingerprint density at radius 3 is 3.10 bits per heavy atom. The highest BCUT2D eigenvalue weighted by molar-refractivity contribution is 7.99. The summed E-state index contributed by atoms with van der Waals surface area (Å²) in [4.78, 5) is 8.40. The molecule has 0 saturated carbocycles. The van der Waals surface area contributed by atoms with E-state index in [1.54, 1.807) is 28.8 Å². The molecule has 3 heterocycles. The number of nitrogens with zero attached hydrogens (tertiary/aromatic N) is 7. The third-order valence-corrected chi connectivity index (χ3v) is 3.83. The number of thioether (sulfide) groups is 1. The smallest absolute Gasteiger partial charge is 0.226 e. The van der Waals surface area contributed by atoms with Crippen LogP contribution in [0.2, 0.25) is 0 Å². The van der Waals surface area contributed by atoms with E-state index in [1.807, 2.05) is 19.2 Å². The van der Waals surface area contributed by atoms with Crippen LogP contribution in [0.1, 0.15) is 12.3 Å². The Bertz CT molecular complexity index is 696. The van der Waals surface area contributed by atoms with Gasteiger partial charge >= 0.3 is 0 Å². The summed E-state index contributed by atoms with van der Waals surface area (Å²) in [7, 11) is 1.82. The van der Waals surface area contributed by atoms with Crippen molar-refractivity contribution in [2.75, 3.05) is 5.75 Å². The molecule has 0 spiro atoms. The Hall–Kier alpha value is -2.29. The molecular weight excluding hydrogens is 290 g/mol. The first-order valence-electron chi connectivity index (χ1n) is 6.41. The summed E-state index contributed by atoms with van der Waals surface area (Å²) in [5, 5.41) is 16.0. The third-order valence-electron chi connectivity index (χ3n) is 2.74. The minimum atomic E-state index is 0.572. The zero-order valence-electron chi connectivity index (χ0n) is 11.4. The number of pyridine rings is 1. The van der Waals surface area contributed by atoms with Crippen LogP contribution in [-0.4, -0.2) is 41.1 Å². The first-order valence-corrected chi connectivity index (χ1v) is 7.39. The monoisotopic (exact) mass is 303 g/mol. The van der Waals surface area contributed by atoms with E-state index in [0.29, 0.717) is 11.7 Å². The number of hydrogen-bond acceptors (Lipinski definition) is 8. The maximum atomic E-state index is 5.24. The number of aryl methyl sites for hydroxylation is 2. The molecule has 0 aliphatic carbocycles. The molecule has 0 N–H and O–H groups in total. The van der Waals surface area contributed by atoms with Crippen molar-refractivity contribution in [3.8, 4) is 11.4 Å². The molecule has 0 aliphatic heterocycles. The van der Waals surface area contributed by atoms with Gasteiger partial charge in [-0.25, -0.2) is 4.68 Å². The third kappa shape index (κ3) is 3.43. The highest BCUT2D eigenvalue weighted by atomic mass is 32.2. The molecule has 8 nitrogen and oxygen atoms in total. The number of aromatic nitrogens is 7. The number of rotatable bonds is 6. The molecule has 3 aromatic heterocycles. The average molecular weight is 303 g/mol. The van der Waals surface area contributed by atoms with Gasteiger partial charge < -0.3 is 4.52 Å². The summed E-state index contributed by atoms with van der Waals surface area (Å²) < 4.78 is 6.89. The molecule has 21 heavy (non-hydrogen) atoms. The van der Waals surface area contributed by atoms with Gasteiger partial charge in [0.2, 0.25) is 16.9 Å². The second-order valence-electron chi connectivity index (χ2n) is 4.29. The Morgan fingerprint density at radius 2 is 2.33 bits per heavy atom. The van der Waals surface area contributed by atoms with E-state index >= 15 is 0 Å². The van der Waals surface area contributed by atoms with E-state index in [0.717, 1.165) is 29.3 Å². The Morgan fingerprint density at radius 1 is 1.38 bits per heavy atom. The molecule has 0 fully saturated rings. The zero-order chi connectivity index (χ0) is 14.5. The zero-order valence-corrected chi connectivity index (χ0v) is 12.2. The van der Waals surface area contributed by atoms with Crippen molar-refractivity contribution >= 4 is 11.8 Å². The van der Waals surface area contributed by atoms with E-state index in [2.05, 4.69) is 30.7 Å². The van der Waals surface area contributed by atoms with Crippen molar-refractivity contribution in [3.05, 3.63) is 30.4 Å². The van der Waals surface area contributed by atoms with Gasteiger partial charge in [-0.2, -0.15) is 4.98 Å². The lowest BCUT2D eigenvalue weighted by Gasteiger charge is -1.97. The predicted molar refractivity (Wildman–Crippen MR) is 75.4 cm³/mol. The van der Waals surface area contributed by atoms with Crippen LogP contribution in [0.25, 0.3) is 11.4 Å². The van der Waals surface area contributed by atoms with Crippen LogP contribution >= 0.6 is 11.8 Å². The minimum Gasteiger partial charge on any atom is -0.339 e. The minimum absolute atomic E-state index is 0.572. The van der Waals surface area contributed by atoms with Crippen LogP contribution in [0.15, 0.2) is 34.2 Å². The summed E-state index contributed by atoms with van der Waals surface area (Å²) >= 11 is 1.60. The largest absolute Gasteiger partial charge is 0.339 e. The first kappa shape index (κ1) is 13.7. The summed E-state index contributed by atoms with van der Waals surface area (Å²) in [6, 6.07) is 3.75. The van der Waals surface area contributed by atoms with Gasteiger partial charge in [0.25, 0.3) is 0 Å². The second kappa shape index (κ2) is 6.44. The van der Waals surface area contributed by atoms with E-state index in [1.165, 1.54) is 0 Å². The van der Waals surface area contributed by atoms with E-state index < -0.39 is 0 Å². The van der Waals surface area contributed by atoms with Gasteiger partial charge in [-0.15, -0.1) is 5.10 Å². The molecular formula is C12H13N7OS. The lowest BCUT2D eigenvalue weighted by Crippen LogP contribution is -1.95. The van der Waals surface area contributed by atoms with Crippen molar-refractivity contribution in [1.29, 1.82) is 0 Å². The molecule has 3 rings (SSSR count). The van der Waals surface area contributed by atoms with Gasteiger partial charge in [-0.05, 0) is 29.0 Å². The Labute approximate surface area is 125 Å². The normalized spacial score (nSPS) is 10.9. The quantitative estimate of drug-likeness (QED) is 0.498. The highest BCUT2D eigenvalue weighted by Crippen LogP contribution is 2.17. The fourth-order valence-corrected chi connectivity index (χ4v) is 2.49. The molecule has 108 valence electrons. The fraction of sp³-hybridized carbons (Fsp3) is 0.333. The van der Waals surface area contributed by atoms with Crippen molar-refractivity contribution in [3.63, 3.8) is 0 Å². The highest BCUT2D eigenvalue weighted by Gasteiger charge is 2.09. The molecule has 3 aromatic rings. The summed E-state index contributed by atoms with van der Waals surface area (Å²) in [6.07, 6.45) is 5.06. The maximum absolute atomic E-state index is 5.24. The molecule has 0 aliphatic rings. The first-order chi connectivity index (χ1) is 10.3. The van der Waals surface area contributed by atoms with Crippen LogP contribution < -0.4 is 0 Å². The lowest BCUT2D eigenvalue weighted by molar-refractivity contribution is 0.378. The second-order valence-corrected chi connectivity index (χ2v) is 5.35. The van der Waals surface area contributed by atoms with Crippen molar-refractivity contribution in [2.45, 2.75) is 18.0 Å². The molecule has 0 saturated heterocycles. The fourth-order valence-electron chi connectivity index (χ4n) is 1.70. The van der Waals surface area contributed by atoms with E-state index in [4.69, 9.17) is 4.52 Å². The summed E-state index contributed by atoms with van der Waals surface area (Å²) in [5.74, 6) is 2.09. The van der Waals surface area contributed by atoms with Gasteiger partial charge in [0.1, 0.15) is 0 Å². The maximum Gasteiger partial charge on any atom is 0.226 e. The predicted octanol–water partition coefficient (Wildman–Crippen LogP) is 1.38. The molecule has 0 bridgehead atoms. The number of tetrazole rings is 1. The lowest BCUT2D eigenvalue weighted by atomic mass is 10.3. The van der Waals surface area contributed by atoms with Gasteiger partial charge in [-0.1, -0.05) is 16.9 Å². The summed E-state index contributed by atoms with van der Waals surface area (Å²) in [5.41, 5.74) is 0.854. The van der Waals surface area contributed by atoms with Crippen LogP contribution in [0.4, 0.5) is 0 Å². The van der Waals surface area contributed by atoms with Crippen LogP contribution in [0.3, 0.4) is 0 Å². The summed E-state index contributed by atoms with van der Waals surface area (Å²) in [6.45, 7) is 0. The Kier molecular flexibility index (Phi) is 4.20. The van der Waals surface area contributed by atoms with Crippen molar-refractivity contribution < 1.29 is 4.52 Å². The van der Waals surface area contributed by atoms with E-state index in [9.17, 15) is 0 Å². The molecule has 0 radical (unpaired) electrons. The van der Waals surface area contributed by atoms with Crippen LogP contribution in [0.5, 0.6) is 0 Å². The molecule has 0 atom stereocenters. The van der Waals surface area contributed by atoms with E-state index in [-0.39, 0.29) is 0 Å². The van der Waals surface area contributed by atoms with Gasteiger partial charge in [-0.3, -0.25) is 4.98 Å². The standard InChI is InChI=1S/C12H13N7OS/c1-19-12(15-17-18-19)21-7-3-5-10-14-11(16-20-10)9-4-2-6-13-8-9/h2,4,6,8H,3,5,7H2,1H3. The van der Waals surface area contributed by atoms with Gasteiger partial charge in [0.15, 0.2) is 0 Å². The van der Waals surface area contributed by atoms with Crippen molar-refractivity contribution in [1.82, 2.24) is 35.3 Å². The average Bonchev–Trinajstić information content (AvgIpc) is 3.14. The van der Waals surface area contributed by atoms with Crippen molar-refractivity contribution in [2.24, 2.45) is 7.05 Å². The molecule has 0 amide bonds. The molecule has 0 unspecified atom stereocenters. The SMILES string of the molecule is Cn1nnnc1SCCCc1nc(-c2cccnc2)no1.